The fourth-order valence-electron chi connectivity index (χ4n) is 2.55. The molecule has 0 fully saturated rings. The zero-order valence-corrected chi connectivity index (χ0v) is 14.1. The van der Waals surface area contributed by atoms with E-state index in [-0.39, 0.29) is 5.97 Å². The van der Waals surface area contributed by atoms with Crippen LogP contribution in [0.2, 0.25) is 0 Å². The van der Waals surface area contributed by atoms with E-state index in [0.717, 1.165) is 18.4 Å². The highest BCUT2D eigenvalue weighted by molar-refractivity contribution is 5.75. The summed E-state index contributed by atoms with van der Waals surface area (Å²) in [6.45, 7) is 4.90. The number of benzene rings is 1. The minimum absolute atomic E-state index is 0.276. The van der Waals surface area contributed by atoms with Crippen molar-refractivity contribution >= 4 is 5.97 Å². The van der Waals surface area contributed by atoms with Crippen molar-refractivity contribution in [1.29, 1.82) is 0 Å². The lowest BCUT2D eigenvalue weighted by atomic mass is 9.97. The monoisotopic (exact) mass is 305 g/mol. The second-order valence-electron chi connectivity index (χ2n) is 6.08. The first-order valence-corrected chi connectivity index (χ1v) is 8.63. The summed E-state index contributed by atoms with van der Waals surface area (Å²) in [6.07, 6.45) is 7.57. The number of nitrogens with two attached hydrogens (primary N) is 1. The largest absolute Gasteiger partial charge is 0.464 e. The van der Waals surface area contributed by atoms with Gasteiger partial charge in [-0.05, 0) is 30.7 Å². The van der Waals surface area contributed by atoms with Crippen molar-refractivity contribution in [3.8, 4) is 0 Å². The summed E-state index contributed by atoms with van der Waals surface area (Å²) in [7, 11) is 0. The van der Waals surface area contributed by atoms with E-state index in [1.54, 1.807) is 0 Å². The quantitative estimate of drug-likeness (QED) is 0.626. The Kier molecular flexibility index (Phi) is 9.56. The second kappa shape index (κ2) is 11.2. The fourth-order valence-corrected chi connectivity index (χ4v) is 2.55. The molecule has 0 aliphatic heterocycles. The molecule has 0 saturated carbocycles. The van der Waals surface area contributed by atoms with Gasteiger partial charge in [0.2, 0.25) is 0 Å². The van der Waals surface area contributed by atoms with Crippen LogP contribution in [0.4, 0.5) is 0 Å². The van der Waals surface area contributed by atoms with Crippen molar-refractivity contribution < 1.29 is 9.53 Å². The van der Waals surface area contributed by atoms with Crippen molar-refractivity contribution in [1.82, 2.24) is 0 Å². The number of ether oxygens (including phenoxy) is 1. The Labute approximate surface area is 135 Å². The van der Waals surface area contributed by atoms with E-state index in [4.69, 9.17) is 10.5 Å². The summed E-state index contributed by atoms with van der Waals surface area (Å²) in [6, 6.07) is 9.27. The average Bonchev–Trinajstić information content (AvgIpc) is 2.54. The highest BCUT2D eigenvalue weighted by atomic mass is 16.5. The third-order valence-electron chi connectivity index (χ3n) is 3.99. The van der Waals surface area contributed by atoms with E-state index in [0.29, 0.717) is 18.9 Å². The summed E-state index contributed by atoms with van der Waals surface area (Å²) in [5, 5.41) is 0. The molecule has 124 valence electrons. The Hall–Kier alpha value is -1.35. The van der Waals surface area contributed by atoms with Gasteiger partial charge in [0.25, 0.3) is 0 Å². The van der Waals surface area contributed by atoms with Crippen molar-refractivity contribution in [2.75, 3.05) is 6.61 Å². The molecule has 0 amide bonds. The maximum atomic E-state index is 12.1. The number of esters is 1. The van der Waals surface area contributed by atoms with Crippen LogP contribution in [0.15, 0.2) is 30.3 Å². The van der Waals surface area contributed by atoms with Crippen molar-refractivity contribution in [2.45, 2.75) is 64.8 Å². The Morgan fingerprint density at radius 2 is 1.68 bits per heavy atom. The third kappa shape index (κ3) is 7.60. The molecule has 1 unspecified atom stereocenters. The van der Waals surface area contributed by atoms with Gasteiger partial charge < -0.3 is 10.5 Å². The van der Waals surface area contributed by atoms with Crippen LogP contribution < -0.4 is 5.73 Å². The van der Waals surface area contributed by atoms with Gasteiger partial charge in [-0.3, -0.25) is 4.79 Å². The van der Waals surface area contributed by atoms with Crippen LogP contribution in [0.3, 0.4) is 0 Å². The lowest BCUT2D eigenvalue weighted by Crippen LogP contribution is -2.35. The zero-order valence-electron chi connectivity index (χ0n) is 14.1. The first kappa shape index (κ1) is 18.7. The first-order valence-electron chi connectivity index (χ1n) is 8.63. The number of rotatable bonds is 11. The van der Waals surface area contributed by atoms with Crippen molar-refractivity contribution in [3.05, 3.63) is 35.9 Å². The summed E-state index contributed by atoms with van der Waals surface area (Å²) in [5.41, 5.74) is 7.03. The Balaban J connectivity index is 2.37. The van der Waals surface area contributed by atoms with Gasteiger partial charge in [-0.1, -0.05) is 69.9 Å². The average molecular weight is 305 g/mol. The summed E-state index contributed by atoms with van der Waals surface area (Å²) in [4.78, 5) is 12.1. The van der Waals surface area contributed by atoms with Gasteiger partial charge in [0, 0.05) is 0 Å². The standard InChI is InChI=1S/C19H31NO2/c1-3-5-10-17(11-6-4-2)15-22-19(21)18(20)14-16-12-8-7-9-13-16/h7-9,12-13,17-18H,3-6,10-11,14-15,20H2,1-2H3. The molecule has 2 N–H and O–H groups in total. The van der Waals surface area contributed by atoms with E-state index in [9.17, 15) is 4.79 Å². The van der Waals surface area contributed by atoms with Crippen LogP contribution >= 0.6 is 0 Å². The molecule has 0 bridgehead atoms. The van der Waals surface area contributed by atoms with Gasteiger partial charge in [0.05, 0.1) is 6.61 Å². The van der Waals surface area contributed by atoms with E-state index in [1.807, 2.05) is 30.3 Å². The fraction of sp³-hybridized carbons (Fsp3) is 0.632. The highest BCUT2D eigenvalue weighted by Crippen LogP contribution is 2.17. The summed E-state index contributed by atoms with van der Waals surface area (Å²) >= 11 is 0. The maximum Gasteiger partial charge on any atom is 0.323 e. The lowest BCUT2D eigenvalue weighted by molar-refractivity contribution is -0.146. The van der Waals surface area contributed by atoms with Crippen LogP contribution in [0, 0.1) is 5.92 Å². The number of unbranched alkanes of at least 4 members (excludes halogenated alkanes) is 2. The van der Waals surface area contributed by atoms with Gasteiger partial charge in [0.1, 0.15) is 6.04 Å². The molecule has 0 aromatic heterocycles. The molecule has 1 atom stereocenters. The SMILES string of the molecule is CCCCC(CCCC)COC(=O)C(N)Cc1ccccc1. The molecule has 0 spiro atoms. The molecule has 0 heterocycles. The molecule has 1 rings (SSSR count). The number of carbonyl (C=O) groups excluding carboxylic acids is 1. The molecule has 3 heteroatoms. The maximum absolute atomic E-state index is 12.1. The van der Waals surface area contributed by atoms with Crippen LogP contribution in [-0.4, -0.2) is 18.6 Å². The topological polar surface area (TPSA) is 52.3 Å². The van der Waals surface area contributed by atoms with Crippen molar-refractivity contribution in [2.24, 2.45) is 11.7 Å². The molecule has 22 heavy (non-hydrogen) atoms. The van der Waals surface area contributed by atoms with Gasteiger partial charge in [-0.25, -0.2) is 0 Å². The minimum atomic E-state index is -0.569. The molecular weight excluding hydrogens is 274 g/mol. The van der Waals surface area contributed by atoms with Crippen LogP contribution in [-0.2, 0) is 16.0 Å². The zero-order chi connectivity index (χ0) is 16.2. The molecule has 3 nitrogen and oxygen atoms in total. The van der Waals surface area contributed by atoms with Crippen LogP contribution in [0.25, 0.3) is 0 Å². The predicted molar refractivity (Wildman–Crippen MR) is 91.6 cm³/mol. The van der Waals surface area contributed by atoms with E-state index in [2.05, 4.69) is 13.8 Å². The number of hydrogen-bond acceptors (Lipinski definition) is 3. The molecule has 0 radical (unpaired) electrons. The predicted octanol–water partition coefficient (Wildman–Crippen LogP) is 4.10. The molecule has 0 saturated heterocycles. The minimum Gasteiger partial charge on any atom is -0.464 e. The second-order valence-corrected chi connectivity index (χ2v) is 6.08. The van der Waals surface area contributed by atoms with Crippen molar-refractivity contribution in [3.63, 3.8) is 0 Å². The van der Waals surface area contributed by atoms with Gasteiger partial charge in [0.15, 0.2) is 0 Å². The van der Waals surface area contributed by atoms with Gasteiger partial charge in [-0.2, -0.15) is 0 Å². The van der Waals surface area contributed by atoms with Crippen LogP contribution in [0.1, 0.15) is 57.9 Å². The van der Waals surface area contributed by atoms with E-state index >= 15 is 0 Å². The molecule has 1 aromatic carbocycles. The van der Waals surface area contributed by atoms with Crippen LogP contribution in [0.5, 0.6) is 0 Å². The Morgan fingerprint density at radius 3 is 2.23 bits per heavy atom. The van der Waals surface area contributed by atoms with Gasteiger partial charge in [-0.15, -0.1) is 0 Å². The lowest BCUT2D eigenvalue weighted by Gasteiger charge is -2.18. The smallest absolute Gasteiger partial charge is 0.323 e. The molecule has 1 aromatic rings. The molecule has 0 aliphatic rings. The summed E-state index contributed by atoms with van der Waals surface area (Å²) in [5.74, 6) is 0.203. The first-order chi connectivity index (χ1) is 10.7. The normalized spacial score (nSPS) is 12.4. The molecule has 0 aliphatic carbocycles. The van der Waals surface area contributed by atoms with E-state index < -0.39 is 6.04 Å². The number of hydrogen-bond donors (Lipinski definition) is 1. The summed E-state index contributed by atoms with van der Waals surface area (Å²) < 4.78 is 5.47. The van der Waals surface area contributed by atoms with Gasteiger partial charge >= 0.3 is 5.97 Å². The number of carbonyl (C=O) groups is 1. The Morgan fingerprint density at radius 1 is 1.09 bits per heavy atom. The molecular formula is C19H31NO2. The highest BCUT2D eigenvalue weighted by Gasteiger charge is 2.18. The van der Waals surface area contributed by atoms with E-state index in [1.165, 1.54) is 25.7 Å². The third-order valence-corrected chi connectivity index (χ3v) is 3.99. The Bertz CT molecular complexity index is 397.